The number of aromatic nitrogens is 1. The molecule has 1 N–H and O–H groups in total. The molecule has 1 aromatic rings. The molecule has 0 aromatic carbocycles. The Morgan fingerprint density at radius 2 is 2.19 bits per heavy atom. The van der Waals surface area contributed by atoms with Crippen molar-refractivity contribution in [2.75, 3.05) is 6.54 Å². The van der Waals surface area contributed by atoms with Gasteiger partial charge in [-0.1, -0.05) is 38.4 Å². The zero-order valence-corrected chi connectivity index (χ0v) is 10.6. The molecule has 0 unspecified atom stereocenters. The molecule has 0 radical (unpaired) electrons. The molecular weight excluding hydrogens is 224 g/mol. The van der Waals surface area contributed by atoms with Gasteiger partial charge in [-0.3, -0.25) is 4.79 Å². The largest absolute Gasteiger partial charge is 0.350 e. The molecule has 1 amide bonds. The summed E-state index contributed by atoms with van der Waals surface area (Å²) in [7, 11) is 0. The van der Waals surface area contributed by atoms with Crippen LogP contribution in [-0.4, -0.2) is 17.4 Å². The van der Waals surface area contributed by atoms with E-state index in [1.165, 1.54) is 0 Å². The molecule has 0 aliphatic carbocycles. The summed E-state index contributed by atoms with van der Waals surface area (Å²) in [5.41, 5.74) is 0.466. The Labute approximate surface area is 101 Å². The van der Waals surface area contributed by atoms with Crippen molar-refractivity contribution >= 4 is 17.5 Å². The second-order valence-corrected chi connectivity index (χ2v) is 4.93. The first-order chi connectivity index (χ1) is 7.44. The fourth-order valence-corrected chi connectivity index (χ4v) is 1.23. The van der Waals surface area contributed by atoms with E-state index in [0.717, 1.165) is 6.42 Å². The first-order valence-corrected chi connectivity index (χ1v) is 5.73. The summed E-state index contributed by atoms with van der Waals surface area (Å²) in [6.45, 7) is 6.96. The maximum atomic E-state index is 11.7. The minimum atomic E-state index is -0.177. The number of amides is 1. The van der Waals surface area contributed by atoms with Crippen molar-refractivity contribution in [3.05, 3.63) is 29.0 Å². The zero-order chi connectivity index (χ0) is 12.2. The third-order valence-electron chi connectivity index (χ3n) is 2.63. The highest BCUT2D eigenvalue weighted by Crippen LogP contribution is 2.17. The maximum absolute atomic E-state index is 11.7. The molecule has 0 atom stereocenters. The molecule has 3 nitrogen and oxygen atoms in total. The van der Waals surface area contributed by atoms with E-state index in [4.69, 9.17) is 11.6 Å². The number of pyridine rings is 1. The SMILES string of the molecule is CCC(C)(C)CNC(=O)c1cccc(Cl)n1. The van der Waals surface area contributed by atoms with E-state index in [9.17, 15) is 4.79 Å². The van der Waals surface area contributed by atoms with E-state index in [2.05, 4.69) is 31.1 Å². The number of carbonyl (C=O) groups is 1. The molecule has 0 saturated carbocycles. The number of hydrogen-bond acceptors (Lipinski definition) is 2. The van der Waals surface area contributed by atoms with Gasteiger partial charge in [-0.05, 0) is 24.0 Å². The lowest BCUT2D eigenvalue weighted by Gasteiger charge is -2.22. The number of halogens is 1. The molecule has 1 aromatic heterocycles. The number of nitrogens with zero attached hydrogens (tertiary/aromatic N) is 1. The van der Waals surface area contributed by atoms with Crippen LogP contribution in [0, 0.1) is 5.41 Å². The Balaban J connectivity index is 2.60. The van der Waals surface area contributed by atoms with Gasteiger partial charge < -0.3 is 5.32 Å². The quantitative estimate of drug-likeness (QED) is 0.823. The molecule has 4 heteroatoms. The van der Waals surface area contributed by atoms with Crippen molar-refractivity contribution in [2.24, 2.45) is 5.41 Å². The third-order valence-corrected chi connectivity index (χ3v) is 2.84. The Bertz CT molecular complexity index is 377. The molecule has 0 spiro atoms. The van der Waals surface area contributed by atoms with Crippen LogP contribution in [0.3, 0.4) is 0 Å². The summed E-state index contributed by atoms with van der Waals surface area (Å²) in [4.78, 5) is 15.7. The van der Waals surface area contributed by atoms with Gasteiger partial charge in [0.1, 0.15) is 10.8 Å². The average molecular weight is 241 g/mol. The summed E-state index contributed by atoms with van der Waals surface area (Å²) in [6, 6.07) is 5.02. The van der Waals surface area contributed by atoms with Gasteiger partial charge in [0.05, 0.1) is 0 Å². The van der Waals surface area contributed by atoms with E-state index in [0.29, 0.717) is 17.4 Å². The zero-order valence-electron chi connectivity index (χ0n) is 9.88. The van der Waals surface area contributed by atoms with Crippen LogP contribution in [0.4, 0.5) is 0 Å². The van der Waals surface area contributed by atoms with Crippen molar-refractivity contribution < 1.29 is 4.79 Å². The van der Waals surface area contributed by atoms with Crippen LogP contribution in [0.5, 0.6) is 0 Å². The molecule has 0 aliphatic heterocycles. The van der Waals surface area contributed by atoms with Gasteiger partial charge in [0.2, 0.25) is 0 Å². The number of rotatable bonds is 4. The number of hydrogen-bond donors (Lipinski definition) is 1. The first kappa shape index (κ1) is 13.0. The first-order valence-electron chi connectivity index (χ1n) is 5.35. The fraction of sp³-hybridized carbons (Fsp3) is 0.500. The molecule has 88 valence electrons. The van der Waals surface area contributed by atoms with E-state index in [1.807, 2.05) is 0 Å². The average Bonchev–Trinajstić information content (AvgIpc) is 2.26. The highest BCUT2D eigenvalue weighted by molar-refractivity contribution is 6.29. The monoisotopic (exact) mass is 240 g/mol. The van der Waals surface area contributed by atoms with Crippen molar-refractivity contribution in [2.45, 2.75) is 27.2 Å². The van der Waals surface area contributed by atoms with Crippen LogP contribution >= 0.6 is 11.6 Å². The minimum Gasteiger partial charge on any atom is -0.350 e. The van der Waals surface area contributed by atoms with Gasteiger partial charge in [-0.25, -0.2) is 4.98 Å². The summed E-state index contributed by atoms with van der Waals surface area (Å²) in [6.07, 6.45) is 1.01. The minimum absolute atomic E-state index is 0.105. The van der Waals surface area contributed by atoms with Crippen LogP contribution < -0.4 is 5.32 Å². The third kappa shape index (κ3) is 3.81. The van der Waals surface area contributed by atoms with Crippen LogP contribution in [-0.2, 0) is 0 Å². The molecule has 0 aliphatic rings. The Hall–Kier alpha value is -1.09. The van der Waals surface area contributed by atoms with Crippen molar-refractivity contribution in [3.8, 4) is 0 Å². The predicted octanol–water partition coefficient (Wildman–Crippen LogP) is 2.90. The molecule has 0 fully saturated rings. The molecule has 0 saturated heterocycles. The standard InChI is InChI=1S/C12H17ClN2O/c1-4-12(2,3)8-14-11(16)9-6-5-7-10(13)15-9/h5-7H,4,8H2,1-3H3,(H,14,16). The molecule has 0 bridgehead atoms. The van der Waals surface area contributed by atoms with E-state index < -0.39 is 0 Å². The number of nitrogens with one attached hydrogen (secondary N) is 1. The lowest BCUT2D eigenvalue weighted by molar-refractivity contribution is 0.0930. The summed E-state index contributed by atoms with van der Waals surface area (Å²) >= 11 is 5.72. The van der Waals surface area contributed by atoms with Crippen LogP contribution in [0.15, 0.2) is 18.2 Å². The smallest absolute Gasteiger partial charge is 0.269 e. The lowest BCUT2D eigenvalue weighted by atomic mass is 9.90. The van der Waals surface area contributed by atoms with E-state index >= 15 is 0 Å². The highest BCUT2D eigenvalue weighted by Gasteiger charge is 2.17. The maximum Gasteiger partial charge on any atom is 0.269 e. The van der Waals surface area contributed by atoms with Gasteiger partial charge >= 0.3 is 0 Å². The van der Waals surface area contributed by atoms with Gasteiger partial charge in [0.15, 0.2) is 0 Å². The lowest BCUT2D eigenvalue weighted by Crippen LogP contribution is -2.34. The Morgan fingerprint density at radius 3 is 2.75 bits per heavy atom. The van der Waals surface area contributed by atoms with Crippen molar-refractivity contribution in [1.82, 2.24) is 10.3 Å². The van der Waals surface area contributed by atoms with Crippen LogP contribution in [0.25, 0.3) is 0 Å². The molecule has 1 heterocycles. The second kappa shape index (κ2) is 5.30. The fourth-order valence-electron chi connectivity index (χ4n) is 1.07. The normalized spacial score (nSPS) is 11.2. The summed E-state index contributed by atoms with van der Waals surface area (Å²) in [5, 5.41) is 3.19. The predicted molar refractivity (Wildman–Crippen MR) is 65.7 cm³/mol. The molecular formula is C12H17ClN2O. The van der Waals surface area contributed by atoms with Gasteiger partial charge in [-0.2, -0.15) is 0 Å². The van der Waals surface area contributed by atoms with Gasteiger partial charge in [-0.15, -0.1) is 0 Å². The summed E-state index contributed by atoms with van der Waals surface area (Å²) < 4.78 is 0. The van der Waals surface area contributed by atoms with Gasteiger partial charge in [0, 0.05) is 6.54 Å². The second-order valence-electron chi connectivity index (χ2n) is 4.55. The van der Waals surface area contributed by atoms with Crippen LogP contribution in [0.2, 0.25) is 5.15 Å². The Kier molecular flexibility index (Phi) is 4.30. The van der Waals surface area contributed by atoms with Crippen molar-refractivity contribution in [1.29, 1.82) is 0 Å². The molecule has 1 rings (SSSR count). The number of carbonyl (C=O) groups excluding carboxylic acids is 1. The Morgan fingerprint density at radius 1 is 1.50 bits per heavy atom. The van der Waals surface area contributed by atoms with Crippen molar-refractivity contribution in [3.63, 3.8) is 0 Å². The van der Waals surface area contributed by atoms with E-state index in [1.54, 1.807) is 18.2 Å². The van der Waals surface area contributed by atoms with Crippen LogP contribution in [0.1, 0.15) is 37.7 Å². The molecule has 16 heavy (non-hydrogen) atoms. The topological polar surface area (TPSA) is 42.0 Å². The summed E-state index contributed by atoms with van der Waals surface area (Å²) in [5.74, 6) is -0.177. The van der Waals surface area contributed by atoms with Gasteiger partial charge in [0.25, 0.3) is 5.91 Å². The highest BCUT2D eigenvalue weighted by atomic mass is 35.5. The van der Waals surface area contributed by atoms with E-state index in [-0.39, 0.29) is 11.3 Å².